The Morgan fingerprint density at radius 1 is 0.931 bits per heavy atom. The van der Waals surface area contributed by atoms with E-state index in [1.165, 1.54) is 25.2 Å². The Hall–Kier alpha value is -6.53. The molecule has 72 heavy (non-hydrogen) atoms. The van der Waals surface area contributed by atoms with Crippen molar-refractivity contribution in [1.29, 1.82) is 0 Å². The van der Waals surface area contributed by atoms with Gasteiger partial charge in [0.1, 0.15) is 37.3 Å². The van der Waals surface area contributed by atoms with Crippen LogP contribution in [0.25, 0.3) is 16.0 Å². The number of rotatable bonds is 24. The number of carbonyl (C=O) groups is 5. The molecule has 1 aromatic heterocycles. The predicted octanol–water partition coefficient (Wildman–Crippen LogP) is 3.78. The van der Waals surface area contributed by atoms with Crippen LogP contribution in [0.2, 0.25) is 0 Å². The Kier molecular flexibility index (Phi) is 17.8. The van der Waals surface area contributed by atoms with Crippen LogP contribution in [0.5, 0.6) is 5.75 Å². The summed E-state index contributed by atoms with van der Waals surface area (Å²) < 4.78 is 33.6. The summed E-state index contributed by atoms with van der Waals surface area (Å²) in [7, 11) is 1.50. The Morgan fingerprint density at radius 3 is 2.33 bits per heavy atom. The van der Waals surface area contributed by atoms with Gasteiger partial charge in [-0.3, -0.25) is 10.1 Å². The first-order valence-corrected chi connectivity index (χ1v) is 23.5. The molecule has 0 spiro atoms. The second-order valence-electron chi connectivity index (χ2n) is 19.7. The second kappa shape index (κ2) is 23.3. The van der Waals surface area contributed by atoms with Crippen molar-refractivity contribution in [3.63, 3.8) is 0 Å². The molecule has 1 saturated heterocycles. The molecule has 3 amide bonds. The van der Waals surface area contributed by atoms with Crippen LogP contribution in [0.4, 0.5) is 15.3 Å². The highest BCUT2D eigenvalue weighted by Gasteiger charge is 2.66. The third kappa shape index (κ3) is 13.5. The molecule has 4 aliphatic carbocycles. The van der Waals surface area contributed by atoms with Crippen molar-refractivity contribution in [1.82, 2.24) is 20.9 Å². The van der Waals surface area contributed by atoms with E-state index in [0.717, 1.165) is 44.2 Å². The molecule has 4 bridgehead atoms. The number of anilines is 1. The molecule has 5 fully saturated rings. The maximum Gasteiger partial charge on any atom is 0.414 e. The number of aliphatic hydroxyl groups excluding tert-OH is 3. The lowest BCUT2D eigenvalue weighted by molar-refractivity contribution is -0.277. The largest absolute Gasteiger partial charge is 0.489 e. The van der Waals surface area contributed by atoms with Crippen LogP contribution in [-0.2, 0) is 46.3 Å². The van der Waals surface area contributed by atoms with Crippen molar-refractivity contribution in [3.8, 4) is 5.75 Å². The number of nitrogens with one attached hydrogen (secondary N) is 4. The number of azide groups is 1. The van der Waals surface area contributed by atoms with E-state index in [1.807, 2.05) is 6.92 Å². The fourth-order valence-corrected chi connectivity index (χ4v) is 11.6. The summed E-state index contributed by atoms with van der Waals surface area (Å²) in [5, 5.41) is 64.5. The Bertz CT molecular complexity index is 2430. The van der Waals surface area contributed by atoms with Gasteiger partial charge in [0.15, 0.2) is 11.8 Å². The molecule has 3 unspecified atom stereocenters. The average molecular weight is 1010 g/mol. The summed E-state index contributed by atoms with van der Waals surface area (Å²) in [5.41, 5.74) is 10.3. The number of hydrogen-bond acceptors (Lipinski definition) is 17. The van der Waals surface area contributed by atoms with Gasteiger partial charge in [0.25, 0.3) is 0 Å². The van der Waals surface area contributed by atoms with Crippen LogP contribution in [0.1, 0.15) is 86.6 Å². The molecule has 1 aromatic carbocycles. The molecule has 24 heteroatoms. The highest BCUT2D eigenvalue weighted by molar-refractivity contribution is 5.94. The van der Waals surface area contributed by atoms with E-state index in [9.17, 15) is 49.5 Å². The van der Waals surface area contributed by atoms with Gasteiger partial charge < -0.3 is 69.9 Å². The third-order valence-electron chi connectivity index (χ3n) is 13.4. The summed E-state index contributed by atoms with van der Waals surface area (Å²) >= 11 is 0. The zero-order valence-electron chi connectivity index (χ0n) is 40.7. The van der Waals surface area contributed by atoms with Gasteiger partial charge in [0.05, 0.1) is 43.2 Å². The lowest BCUT2D eigenvalue weighted by atomic mass is 9.39. The molecule has 7 atom stereocenters. The first-order valence-electron chi connectivity index (χ1n) is 23.5. The number of likely N-dealkylation sites (N-methyl/N-ethyl adjacent to an activating group) is 1. The number of aliphatic carboxylic acids is 1. The Labute approximate surface area is 415 Å². The lowest BCUT2D eigenvalue weighted by Gasteiger charge is -2.69. The number of aromatic nitrogens is 1. The van der Waals surface area contributed by atoms with Gasteiger partial charge in [0.2, 0.25) is 12.2 Å². The SMILES string of the molecule is C=C/C(=C(/C)NCC12CC3(C)CC(C)(C1)CC(OCCNC(=O)OCc1ccc(NC(=O)O[C@@H]4OC(C(=O)O)[C@@H](O)[C@H](O)[C@H]4O)c(OCCOCCN=[N+]=[N-])c1)(C3)C2)c1ccc(CC(=O)NC)nc1C(=O)O. The topological polar surface area (TPSA) is 352 Å². The van der Waals surface area contributed by atoms with E-state index in [4.69, 9.17) is 34.0 Å². The minimum Gasteiger partial charge on any atom is -0.489 e. The Morgan fingerprint density at radius 2 is 1.67 bits per heavy atom. The normalized spacial score (nSPS) is 28.3. The monoisotopic (exact) mass is 1010 g/mol. The van der Waals surface area contributed by atoms with E-state index in [2.05, 4.69) is 56.7 Å². The molecule has 9 N–H and O–H groups in total. The third-order valence-corrected chi connectivity index (χ3v) is 13.4. The number of aromatic carboxylic acids is 1. The molecule has 7 rings (SSSR count). The van der Waals surface area contributed by atoms with Gasteiger partial charge in [0, 0.05) is 48.4 Å². The number of carbonyl (C=O) groups excluding carboxylic acids is 3. The molecular formula is C48H64N8O16. The van der Waals surface area contributed by atoms with E-state index in [1.54, 1.807) is 18.2 Å². The molecule has 2 aromatic rings. The number of nitrogens with zero attached hydrogens (tertiary/aromatic N) is 4. The summed E-state index contributed by atoms with van der Waals surface area (Å²) in [6.07, 6.45) is -4.78. The van der Waals surface area contributed by atoms with Gasteiger partial charge in [-0.15, -0.1) is 0 Å². The van der Waals surface area contributed by atoms with E-state index in [0.29, 0.717) is 28.9 Å². The number of ether oxygens (including phenoxy) is 6. The van der Waals surface area contributed by atoms with Crippen molar-refractivity contribution in [2.45, 2.75) is 109 Å². The van der Waals surface area contributed by atoms with Gasteiger partial charge in [-0.05, 0) is 91.0 Å². The van der Waals surface area contributed by atoms with Crippen molar-refractivity contribution in [2.24, 2.45) is 21.4 Å². The Balaban J connectivity index is 1.05. The first-order chi connectivity index (χ1) is 34.1. The smallest absolute Gasteiger partial charge is 0.414 e. The minimum atomic E-state index is -2.00. The van der Waals surface area contributed by atoms with Crippen molar-refractivity contribution < 1.29 is 77.9 Å². The lowest BCUT2D eigenvalue weighted by Crippen LogP contribution is -2.65. The van der Waals surface area contributed by atoms with Crippen LogP contribution in [0, 0.1) is 16.2 Å². The number of allylic oxidation sites excluding steroid dienone is 3. The van der Waals surface area contributed by atoms with Crippen LogP contribution >= 0.6 is 0 Å². The van der Waals surface area contributed by atoms with Gasteiger partial charge >= 0.3 is 24.1 Å². The molecule has 5 aliphatic rings. The molecule has 4 saturated carbocycles. The predicted molar refractivity (Wildman–Crippen MR) is 254 cm³/mol. The zero-order valence-corrected chi connectivity index (χ0v) is 40.7. The number of hydrogen-bond donors (Lipinski definition) is 9. The van der Waals surface area contributed by atoms with E-state index < -0.39 is 60.4 Å². The number of pyridine rings is 1. The maximum atomic E-state index is 13.0. The summed E-state index contributed by atoms with van der Waals surface area (Å²) in [5.74, 6) is -3.10. The van der Waals surface area contributed by atoms with Gasteiger partial charge in [-0.25, -0.2) is 24.2 Å². The van der Waals surface area contributed by atoms with E-state index >= 15 is 0 Å². The van der Waals surface area contributed by atoms with Gasteiger partial charge in [-0.2, -0.15) is 0 Å². The number of carboxylic acids is 2. The number of aliphatic hydroxyl groups is 3. The summed E-state index contributed by atoms with van der Waals surface area (Å²) in [6.45, 7) is 11.5. The fourth-order valence-electron chi connectivity index (χ4n) is 11.6. The number of benzene rings is 1. The molecule has 2 heterocycles. The highest BCUT2D eigenvalue weighted by Crippen LogP contribution is 2.71. The second-order valence-corrected chi connectivity index (χ2v) is 19.7. The number of carboxylic acid groups (broad SMARTS) is 2. The van der Waals surface area contributed by atoms with Crippen molar-refractivity contribution >= 4 is 41.3 Å². The highest BCUT2D eigenvalue weighted by atomic mass is 16.7. The molecule has 1 aliphatic heterocycles. The fraction of sp³-hybridized carbons (Fsp3) is 0.583. The maximum absolute atomic E-state index is 13.0. The number of alkyl carbamates (subject to hydrolysis) is 1. The van der Waals surface area contributed by atoms with Crippen LogP contribution in [0.3, 0.4) is 0 Å². The summed E-state index contributed by atoms with van der Waals surface area (Å²) in [6, 6.07) is 7.72. The standard InChI is InChI=1S/C48H64N8O16/c1-6-30(31-9-8-29(18-34(57)50-5)54-35(31)40(61)62)27(2)52-26-47-21-45(3)20-46(4,22-47)24-48(23-45,25-47)70-14-11-51-43(65)69-19-28-7-10-32(33(17-28)68-16-15-67-13-12-53-56-49)55-44(66)72-42-38(60)36(58)37(59)39(71-42)41(63)64/h6-10,17,36-39,42,52,58-60H,1,11-16,18-26H2,2-5H3,(H,50,57)(H,51,65)(H,55,66)(H,61,62)(H,63,64)/b30-27+/t36-,37-,38+,39?,42-,45?,46?,47?,48?/m0/s1. The van der Waals surface area contributed by atoms with Crippen LogP contribution < -0.4 is 26.0 Å². The average Bonchev–Trinajstić information content (AvgIpc) is 3.31. The first kappa shape index (κ1) is 54.8. The van der Waals surface area contributed by atoms with E-state index in [-0.39, 0.29) is 91.8 Å². The number of amides is 3. The van der Waals surface area contributed by atoms with Crippen molar-refractivity contribution in [3.05, 3.63) is 81.6 Å². The molecule has 0 radical (unpaired) electrons. The van der Waals surface area contributed by atoms with Gasteiger partial charge in [-0.1, -0.05) is 43.7 Å². The quantitative estimate of drug-likeness (QED) is 0.0237. The summed E-state index contributed by atoms with van der Waals surface area (Å²) in [4.78, 5) is 68.7. The van der Waals surface area contributed by atoms with Crippen LogP contribution in [0.15, 0.2) is 53.8 Å². The molecule has 392 valence electrons. The van der Waals surface area contributed by atoms with Crippen LogP contribution in [-0.4, -0.2) is 150 Å². The molecular weight excluding hydrogens is 945 g/mol. The minimum absolute atomic E-state index is 0.0114. The van der Waals surface area contributed by atoms with Crippen molar-refractivity contribution in [2.75, 3.05) is 58.4 Å². The molecule has 24 nitrogen and oxygen atoms in total. The zero-order chi connectivity index (χ0) is 52.4.